The molecular weight excluding hydrogens is 294 g/mol. The van der Waals surface area contributed by atoms with Crippen LogP contribution in [0.25, 0.3) is 0 Å². The van der Waals surface area contributed by atoms with Crippen molar-refractivity contribution < 1.29 is 8.42 Å². The Kier molecular flexibility index (Phi) is 6.78. The van der Waals surface area contributed by atoms with Crippen LogP contribution in [0.15, 0.2) is 23.2 Å². The van der Waals surface area contributed by atoms with Gasteiger partial charge in [0.1, 0.15) is 5.82 Å². The van der Waals surface area contributed by atoms with Gasteiger partial charge in [-0.05, 0) is 38.3 Å². The maximum absolute atomic E-state index is 12.6. The largest absolute Gasteiger partial charge is 0.370 e. The van der Waals surface area contributed by atoms with E-state index in [-0.39, 0.29) is 10.9 Å². The molecule has 0 spiro atoms. The molecule has 1 N–H and O–H groups in total. The van der Waals surface area contributed by atoms with Crippen molar-refractivity contribution in [3.8, 4) is 0 Å². The zero-order valence-electron chi connectivity index (χ0n) is 12.5. The second kappa shape index (κ2) is 7.85. The third-order valence-corrected chi connectivity index (χ3v) is 5.74. The average Bonchev–Trinajstić information content (AvgIpc) is 2.44. The fraction of sp³-hybridized carbons (Fsp3) is 0.615. The molecule has 0 radical (unpaired) electrons. The van der Waals surface area contributed by atoms with E-state index in [0.29, 0.717) is 12.4 Å². The molecule has 20 heavy (non-hydrogen) atoms. The summed E-state index contributed by atoms with van der Waals surface area (Å²) < 4.78 is 26.6. The second-order valence-corrected chi connectivity index (χ2v) is 7.54. The molecule has 1 aromatic heterocycles. The van der Waals surface area contributed by atoms with Gasteiger partial charge in [-0.3, -0.25) is 0 Å². The Labute approximate surface area is 126 Å². The monoisotopic (exact) mass is 317 g/mol. The predicted molar refractivity (Wildman–Crippen MR) is 85.8 cm³/mol. The second-order valence-electron chi connectivity index (χ2n) is 4.56. The van der Waals surface area contributed by atoms with Crippen LogP contribution in [0.4, 0.5) is 5.82 Å². The number of hydrogen-bond donors (Lipinski definition) is 1. The number of nitrogens with zero attached hydrogens (tertiary/aromatic N) is 2. The molecule has 114 valence electrons. The summed E-state index contributed by atoms with van der Waals surface area (Å²) in [6.45, 7) is 4.58. The summed E-state index contributed by atoms with van der Waals surface area (Å²) in [6, 6.07) is 3.09. The Morgan fingerprint density at radius 1 is 1.50 bits per heavy atom. The molecule has 1 aromatic rings. The lowest BCUT2D eigenvalue weighted by Crippen LogP contribution is -2.35. The highest BCUT2D eigenvalue weighted by Crippen LogP contribution is 2.20. The molecule has 1 rings (SSSR count). The van der Waals surface area contributed by atoms with Gasteiger partial charge in [0.05, 0.1) is 4.90 Å². The van der Waals surface area contributed by atoms with Gasteiger partial charge in [-0.2, -0.15) is 16.1 Å². The number of rotatable bonds is 8. The number of nitrogens with one attached hydrogen (secondary N) is 1. The highest BCUT2D eigenvalue weighted by molar-refractivity contribution is 7.98. The van der Waals surface area contributed by atoms with Crippen LogP contribution in [0.5, 0.6) is 0 Å². The van der Waals surface area contributed by atoms with Crippen LogP contribution in [-0.4, -0.2) is 49.3 Å². The fourth-order valence-electron chi connectivity index (χ4n) is 1.72. The number of anilines is 1. The highest BCUT2D eigenvalue weighted by atomic mass is 32.2. The quantitative estimate of drug-likeness (QED) is 0.797. The van der Waals surface area contributed by atoms with Crippen molar-refractivity contribution >= 4 is 27.6 Å². The van der Waals surface area contributed by atoms with E-state index in [0.717, 1.165) is 12.2 Å². The Morgan fingerprint density at radius 2 is 2.20 bits per heavy atom. The van der Waals surface area contributed by atoms with Gasteiger partial charge in [0, 0.05) is 31.9 Å². The van der Waals surface area contributed by atoms with Gasteiger partial charge in [0.2, 0.25) is 10.0 Å². The maximum atomic E-state index is 12.6. The first-order chi connectivity index (χ1) is 9.43. The van der Waals surface area contributed by atoms with E-state index in [9.17, 15) is 8.42 Å². The lowest BCUT2D eigenvalue weighted by atomic mass is 10.3. The van der Waals surface area contributed by atoms with Gasteiger partial charge < -0.3 is 5.32 Å². The van der Waals surface area contributed by atoms with E-state index in [1.165, 1.54) is 16.6 Å². The minimum atomic E-state index is -3.47. The van der Waals surface area contributed by atoms with Crippen molar-refractivity contribution in [3.63, 3.8) is 0 Å². The molecule has 0 saturated carbocycles. The van der Waals surface area contributed by atoms with Crippen molar-refractivity contribution in [3.05, 3.63) is 18.3 Å². The van der Waals surface area contributed by atoms with Gasteiger partial charge in [-0.1, -0.05) is 0 Å². The van der Waals surface area contributed by atoms with E-state index in [2.05, 4.69) is 10.3 Å². The third kappa shape index (κ3) is 4.36. The summed E-state index contributed by atoms with van der Waals surface area (Å²) in [5, 5.41) is 3.03. The van der Waals surface area contributed by atoms with Gasteiger partial charge in [0.25, 0.3) is 0 Å². The van der Waals surface area contributed by atoms with E-state index in [4.69, 9.17) is 0 Å². The molecule has 0 bridgehead atoms. The summed E-state index contributed by atoms with van der Waals surface area (Å²) in [4.78, 5) is 4.38. The molecular formula is C13H23N3O2S2. The zero-order chi connectivity index (χ0) is 15.2. The molecule has 1 unspecified atom stereocenters. The standard InChI is InChI=1S/C13H23N3O2S2/c1-5-14-13-10-12(6-8-15-13)20(17,18)16(3)11(2)7-9-19-4/h6,8,10-11H,5,7,9H2,1-4H3,(H,14,15). The fourth-order valence-corrected chi connectivity index (χ4v) is 3.70. The average molecular weight is 317 g/mol. The highest BCUT2D eigenvalue weighted by Gasteiger charge is 2.25. The summed E-state index contributed by atoms with van der Waals surface area (Å²) in [5.41, 5.74) is 0. The number of thioether (sulfide) groups is 1. The minimum Gasteiger partial charge on any atom is -0.370 e. The molecule has 0 amide bonds. The van der Waals surface area contributed by atoms with Gasteiger partial charge in [-0.15, -0.1) is 0 Å². The van der Waals surface area contributed by atoms with E-state index >= 15 is 0 Å². The van der Waals surface area contributed by atoms with Gasteiger partial charge >= 0.3 is 0 Å². The first kappa shape index (κ1) is 17.3. The van der Waals surface area contributed by atoms with Crippen LogP contribution in [0, 0.1) is 0 Å². The number of aromatic nitrogens is 1. The lowest BCUT2D eigenvalue weighted by Gasteiger charge is -2.24. The van der Waals surface area contributed by atoms with Crippen LogP contribution in [0.3, 0.4) is 0 Å². The molecule has 5 nitrogen and oxygen atoms in total. The maximum Gasteiger partial charge on any atom is 0.243 e. The van der Waals surface area contributed by atoms with Crippen LogP contribution < -0.4 is 5.32 Å². The molecule has 0 saturated heterocycles. The van der Waals surface area contributed by atoms with Crippen LogP contribution in [-0.2, 0) is 10.0 Å². The zero-order valence-corrected chi connectivity index (χ0v) is 14.1. The molecule has 0 aliphatic carbocycles. The van der Waals surface area contributed by atoms with Crippen molar-refractivity contribution in [1.82, 2.24) is 9.29 Å². The summed E-state index contributed by atoms with van der Waals surface area (Å²) in [7, 11) is -1.83. The molecule has 0 aromatic carbocycles. The number of pyridine rings is 1. The number of sulfonamides is 1. The number of hydrogen-bond acceptors (Lipinski definition) is 5. The summed E-state index contributed by atoms with van der Waals surface area (Å²) in [6.07, 6.45) is 4.38. The van der Waals surface area contributed by atoms with Crippen molar-refractivity contribution in [2.24, 2.45) is 0 Å². The van der Waals surface area contributed by atoms with E-state index in [1.54, 1.807) is 24.9 Å². The SMILES string of the molecule is CCNc1cc(S(=O)(=O)N(C)C(C)CCSC)ccn1. The van der Waals surface area contributed by atoms with Crippen molar-refractivity contribution in [2.45, 2.75) is 31.2 Å². The van der Waals surface area contributed by atoms with Gasteiger partial charge in [0.15, 0.2) is 0 Å². The molecule has 0 fully saturated rings. The van der Waals surface area contributed by atoms with E-state index in [1.807, 2.05) is 20.1 Å². The summed E-state index contributed by atoms with van der Waals surface area (Å²) >= 11 is 1.72. The molecule has 0 aliphatic rings. The lowest BCUT2D eigenvalue weighted by molar-refractivity contribution is 0.382. The molecule has 0 aliphatic heterocycles. The molecule has 7 heteroatoms. The Morgan fingerprint density at radius 3 is 2.80 bits per heavy atom. The Balaban J connectivity index is 2.94. The smallest absolute Gasteiger partial charge is 0.243 e. The topological polar surface area (TPSA) is 62.3 Å². The predicted octanol–water partition coefficient (Wildman–Crippen LogP) is 2.28. The molecule has 1 atom stereocenters. The van der Waals surface area contributed by atoms with Crippen LogP contribution >= 0.6 is 11.8 Å². The normalized spacial score (nSPS) is 13.4. The van der Waals surface area contributed by atoms with Gasteiger partial charge in [-0.25, -0.2) is 13.4 Å². The first-order valence-electron chi connectivity index (χ1n) is 6.60. The minimum absolute atomic E-state index is 0.0248. The van der Waals surface area contributed by atoms with Crippen molar-refractivity contribution in [1.29, 1.82) is 0 Å². The van der Waals surface area contributed by atoms with Crippen LogP contribution in [0.2, 0.25) is 0 Å². The van der Waals surface area contributed by atoms with Crippen molar-refractivity contribution in [2.75, 3.05) is 30.9 Å². The molecule has 1 heterocycles. The van der Waals surface area contributed by atoms with Crippen LogP contribution in [0.1, 0.15) is 20.3 Å². The Hall–Kier alpha value is -0.790. The Bertz CT molecular complexity index is 520. The van der Waals surface area contributed by atoms with E-state index < -0.39 is 10.0 Å². The third-order valence-electron chi connectivity index (χ3n) is 3.13. The summed E-state index contributed by atoms with van der Waals surface area (Å²) in [5.74, 6) is 1.53. The first-order valence-corrected chi connectivity index (χ1v) is 9.43.